The van der Waals surface area contributed by atoms with Crippen LogP contribution in [0.2, 0.25) is 5.02 Å². The van der Waals surface area contributed by atoms with Crippen molar-refractivity contribution in [1.29, 1.82) is 0 Å². The summed E-state index contributed by atoms with van der Waals surface area (Å²) in [6.45, 7) is 0. The Morgan fingerprint density at radius 2 is 2.27 bits per heavy atom. The molecular formula is C10H5BrClNOS. The summed E-state index contributed by atoms with van der Waals surface area (Å²) in [5.74, 6) is -0.159. The van der Waals surface area contributed by atoms with Crippen molar-refractivity contribution in [2.75, 3.05) is 0 Å². The van der Waals surface area contributed by atoms with Crippen LogP contribution in [0.1, 0.15) is 16.1 Å². The molecule has 2 rings (SSSR count). The van der Waals surface area contributed by atoms with E-state index in [1.165, 1.54) is 11.3 Å². The van der Waals surface area contributed by atoms with Crippen LogP contribution in [0.5, 0.6) is 0 Å². The Labute approximate surface area is 104 Å². The Balaban J connectivity index is 2.51. The molecule has 0 aliphatic rings. The molecule has 0 N–H and O–H groups in total. The molecule has 0 spiro atoms. The van der Waals surface area contributed by atoms with Crippen LogP contribution in [0.3, 0.4) is 0 Å². The predicted molar refractivity (Wildman–Crippen MR) is 64.7 cm³/mol. The van der Waals surface area contributed by atoms with Crippen molar-refractivity contribution in [2.45, 2.75) is 0 Å². The van der Waals surface area contributed by atoms with Gasteiger partial charge in [0.05, 0.1) is 16.1 Å². The molecule has 5 heteroatoms. The van der Waals surface area contributed by atoms with Crippen LogP contribution < -0.4 is 0 Å². The van der Waals surface area contributed by atoms with E-state index in [9.17, 15) is 4.79 Å². The Morgan fingerprint density at radius 3 is 2.87 bits per heavy atom. The van der Waals surface area contributed by atoms with E-state index >= 15 is 0 Å². The molecule has 0 atom stereocenters. The van der Waals surface area contributed by atoms with Gasteiger partial charge >= 0.3 is 0 Å². The Kier molecular flexibility index (Phi) is 3.19. The summed E-state index contributed by atoms with van der Waals surface area (Å²) in [6, 6.07) is 5.25. The van der Waals surface area contributed by atoms with E-state index in [0.29, 0.717) is 20.8 Å². The summed E-state index contributed by atoms with van der Waals surface area (Å²) in [5.41, 5.74) is 2.51. The molecule has 0 radical (unpaired) electrons. The molecule has 0 bridgehead atoms. The topological polar surface area (TPSA) is 30.0 Å². The van der Waals surface area contributed by atoms with Crippen LogP contribution in [-0.2, 0) is 0 Å². The number of halogens is 2. The van der Waals surface area contributed by atoms with Crippen LogP contribution in [0, 0.1) is 0 Å². The van der Waals surface area contributed by atoms with Crippen molar-refractivity contribution in [1.82, 2.24) is 4.98 Å². The summed E-state index contributed by atoms with van der Waals surface area (Å²) in [6.07, 6.45) is 0. The first-order valence-electron chi connectivity index (χ1n) is 4.07. The number of hydrogen-bond donors (Lipinski definition) is 0. The molecule has 0 amide bonds. The Bertz CT molecular complexity index is 478. The molecule has 2 nitrogen and oxygen atoms in total. The zero-order valence-electron chi connectivity index (χ0n) is 7.41. The van der Waals surface area contributed by atoms with E-state index in [-0.39, 0.29) is 5.78 Å². The van der Waals surface area contributed by atoms with Crippen molar-refractivity contribution in [3.05, 3.63) is 49.8 Å². The number of hydrogen-bond acceptors (Lipinski definition) is 3. The highest BCUT2D eigenvalue weighted by Crippen LogP contribution is 2.27. The summed E-state index contributed by atoms with van der Waals surface area (Å²) >= 11 is 10.7. The van der Waals surface area contributed by atoms with Crippen LogP contribution in [0.15, 0.2) is 33.6 Å². The smallest absolute Gasteiger partial charge is 0.214 e. The van der Waals surface area contributed by atoms with Crippen LogP contribution >= 0.6 is 38.9 Å². The van der Waals surface area contributed by atoms with Crippen molar-refractivity contribution >= 4 is 44.7 Å². The summed E-state index contributed by atoms with van der Waals surface area (Å²) in [5, 5.41) is 2.14. The fourth-order valence-corrected chi connectivity index (χ4v) is 2.62. The molecule has 1 heterocycles. The molecule has 1 aromatic heterocycles. The summed E-state index contributed by atoms with van der Waals surface area (Å²) in [7, 11) is 0. The fourth-order valence-electron chi connectivity index (χ4n) is 1.17. The Morgan fingerprint density at radius 1 is 1.47 bits per heavy atom. The first-order valence-corrected chi connectivity index (χ1v) is 6.18. The van der Waals surface area contributed by atoms with Gasteiger partial charge in [0, 0.05) is 9.85 Å². The number of rotatable bonds is 2. The molecule has 0 unspecified atom stereocenters. The lowest BCUT2D eigenvalue weighted by molar-refractivity contribution is 0.103. The first kappa shape index (κ1) is 10.8. The molecule has 76 valence electrons. The lowest BCUT2D eigenvalue weighted by Gasteiger charge is -2.03. The first-order chi connectivity index (χ1) is 7.20. The van der Waals surface area contributed by atoms with Gasteiger partial charge in [0.2, 0.25) is 5.78 Å². The van der Waals surface area contributed by atoms with Gasteiger partial charge < -0.3 is 0 Å². The summed E-state index contributed by atoms with van der Waals surface area (Å²) < 4.78 is 0.688. The second-order valence-electron chi connectivity index (χ2n) is 2.80. The second-order valence-corrected chi connectivity index (χ2v) is 4.78. The molecule has 1 aromatic carbocycles. The van der Waals surface area contributed by atoms with Gasteiger partial charge in [0.25, 0.3) is 0 Å². The van der Waals surface area contributed by atoms with Gasteiger partial charge in [-0.2, -0.15) is 0 Å². The monoisotopic (exact) mass is 301 g/mol. The quantitative estimate of drug-likeness (QED) is 0.790. The van der Waals surface area contributed by atoms with E-state index in [4.69, 9.17) is 11.6 Å². The van der Waals surface area contributed by atoms with Gasteiger partial charge in [-0.3, -0.25) is 4.79 Å². The van der Waals surface area contributed by atoms with Crippen molar-refractivity contribution < 1.29 is 4.79 Å². The minimum atomic E-state index is -0.159. The average molecular weight is 303 g/mol. The van der Waals surface area contributed by atoms with Gasteiger partial charge in [-0.25, -0.2) is 4.98 Å². The molecule has 0 fully saturated rings. The van der Waals surface area contributed by atoms with E-state index in [1.54, 1.807) is 29.1 Å². The zero-order chi connectivity index (χ0) is 10.8. The third-order valence-electron chi connectivity index (χ3n) is 1.85. The van der Waals surface area contributed by atoms with Gasteiger partial charge in [-0.1, -0.05) is 17.7 Å². The number of aromatic nitrogens is 1. The number of carbonyl (C=O) groups is 1. The van der Waals surface area contributed by atoms with Crippen molar-refractivity contribution in [2.24, 2.45) is 0 Å². The fraction of sp³-hybridized carbons (Fsp3) is 0. The number of benzene rings is 1. The molecule has 2 aromatic rings. The van der Waals surface area contributed by atoms with E-state index in [1.807, 2.05) is 0 Å². The molecule has 0 aliphatic carbocycles. The maximum absolute atomic E-state index is 12.0. The van der Waals surface area contributed by atoms with Gasteiger partial charge in [-0.05, 0) is 28.1 Å². The lowest BCUT2D eigenvalue weighted by Crippen LogP contribution is -2.03. The third-order valence-corrected chi connectivity index (χ3v) is 3.42. The van der Waals surface area contributed by atoms with Crippen molar-refractivity contribution in [3.8, 4) is 0 Å². The molecule has 15 heavy (non-hydrogen) atoms. The SMILES string of the molecule is O=C(c1cscn1)c1c(Cl)cccc1Br. The highest BCUT2D eigenvalue weighted by Gasteiger charge is 2.17. The number of nitrogens with zero attached hydrogens (tertiary/aromatic N) is 1. The standard InChI is InChI=1S/C10H5BrClNOS/c11-6-2-1-3-7(12)9(6)10(14)8-4-15-5-13-8/h1-5H. The Hall–Kier alpha value is -0.710. The van der Waals surface area contributed by atoms with Gasteiger partial charge in [0.1, 0.15) is 5.69 Å². The van der Waals surface area contributed by atoms with Gasteiger partial charge in [-0.15, -0.1) is 11.3 Å². The number of thiazole rings is 1. The van der Waals surface area contributed by atoms with Crippen molar-refractivity contribution in [3.63, 3.8) is 0 Å². The van der Waals surface area contributed by atoms with Crippen LogP contribution in [0.25, 0.3) is 0 Å². The average Bonchev–Trinajstić information content (AvgIpc) is 2.69. The number of ketones is 1. The second kappa shape index (κ2) is 4.43. The minimum absolute atomic E-state index is 0.159. The number of carbonyl (C=O) groups excluding carboxylic acids is 1. The van der Waals surface area contributed by atoms with E-state index < -0.39 is 0 Å². The molecule has 0 saturated carbocycles. The molecule has 0 saturated heterocycles. The largest absolute Gasteiger partial charge is 0.287 e. The van der Waals surface area contributed by atoms with Crippen LogP contribution in [-0.4, -0.2) is 10.8 Å². The maximum atomic E-state index is 12.0. The molecule has 0 aliphatic heterocycles. The summed E-state index contributed by atoms with van der Waals surface area (Å²) in [4.78, 5) is 15.9. The zero-order valence-corrected chi connectivity index (χ0v) is 10.6. The van der Waals surface area contributed by atoms with Crippen LogP contribution in [0.4, 0.5) is 0 Å². The maximum Gasteiger partial charge on any atom is 0.214 e. The highest BCUT2D eigenvalue weighted by molar-refractivity contribution is 9.10. The highest BCUT2D eigenvalue weighted by atomic mass is 79.9. The lowest BCUT2D eigenvalue weighted by atomic mass is 10.1. The predicted octanol–water partition coefficient (Wildman–Crippen LogP) is 3.79. The minimum Gasteiger partial charge on any atom is -0.287 e. The normalized spacial score (nSPS) is 10.3. The third kappa shape index (κ3) is 2.12. The van der Waals surface area contributed by atoms with Gasteiger partial charge in [0.15, 0.2) is 0 Å². The van der Waals surface area contributed by atoms with E-state index in [2.05, 4.69) is 20.9 Å². The molecular weight excluding hydrogens is 298 g/mol. The van der Waals surface area contributed by atoms with E-state index in [0.717, 1.165) is 0 Å².